The summed E-state index contributed by atoms with van der Waals surface area (Å²) in [6, 6.07) is 8.46. The highest BCUT2D eigenvalue weighted by atomic mass is 16.3. The van der Waals surface area contributed by atoms with E-state index in [0.29, 0.717) is 6.54 Å². The van der Waals surface area contributed by atoms with Crippen molar-refractivity contribution in [3.8, 4) is 0 Å². The number of hydrogen-bond donors (Lipinski definition) is 2. The number of rotatable bonds is 6. The molecule has 1 aromatic heterocycles. The highest BCUT2D eigenvalue weighted by Gasteiger charge is 2.16. The summed E-state index contributed by atoms with van der Waals surface area (Å²) in [7, 11) is 0. The highest BCUT2D eigenvalue weighted by molar-refractivity contribution is 5.85. The third kappa shape index (κ3) is 2.89. The maximum absolute atomic E-state index is 10.4. The fourth-order valence-corrected chi connectivity index (χ4v) is 2.99. The molecule has 0 aliphatic heterocycles. The van der Waals surface area contributed by atoms with Crippen molar-refractivity contribution in [3.05, 3.63) is 35.5 Å². The monoisotopic (exact) mass is 275 g/mol. The predicted octanol–water partition coefficient (Wildman–Crippen LogP) is 1.54. The number of nitrogens with one attached hydrogen (secondary N) is 1. The van der Waals surface area contributed by atoms with Crippen LogP contribution in [0.15, 0.2) is 24.3 Å². The van der Waals surface area contributed by atoms with Gasteiger partial charge >= 0.3 is 0 Å². The van der Waals surface area contributed by atoms with Crippen molar-refractivity contribution in [2.24, 2.45) is 0 Å². The van der Waals surface area contributed by atoms with Gasteiger partial charge in [0.2, 0.25) is 0 Å². The number of benzene rings is 1. The van der Waals surface area contributed by atoms with Crippen LogP contribution in [-0.2, 0) is 6.54 Å². The van der Waals surface area contributed by atoms with E-state index < -0.39 is 0 Å². The molecule has 0 aliphatic carbocycles. The summed E-state index contributed by atoms with van der Waals surface area (Å²) in [4.78, 5) is 1.45. The van der Waals surface area contributed by atoms with Crippen LogP contribution in [0.1, 0.15) is 25.1 Å². The number of aromatic nitrogens is 1. The van der Waals surface area contributed by atoms with Crippen molar-refractivity contribution >= 4 is 10.9 Å². The molecule has 3 heteroatoms. The first-order valence-electron chi connectivity index (χ1n) is 7.64. The van der Waals surface area contributed by atoms with Gasteiger partial charge in [-0.05, 0) is 39.3 Å². The Hall–Kier alpha value is -1.32. The Kier molecular flexibility index (Phi) is 4.84. The van der Waals surface area contributed by atoms with E-state index >= 15 is 0 Å². The maximum Gasteiger partial charge on any atom is 0.121 e. The van der Waals surface area contributed by atoms with E-state index in [9.17, 15) is 5.11 Å². The number of aryl methyl sites for hydroxylation is 1. The molecule has 20 heavy (non-hydrogen) atoms. The number of hydrogen-bond acceptors (Lipinski definition) is 1. The first-order chi connectivity index (χ1) is 9.58. The van der Waals surface area contributed by atoms with E-state index in [1.54, 1.807) is 0 Å². The fraction of sp³-hybridized carbons (Fsp3) is 0.529. The van der Waals surface area contributed by atoms with E-state index in [0.717, 1.165) is 19.6 Å². The van der Waals surface area contributed by atoms with Gasteiger partial charge in [0, 0.05) is 16.6 Å². The Labute approximate surface area is 121 Å². The number of aliphatic hydroxyl groups is 1. The van der Waals surface area contributed by atoms with Gasteiger partial charge in [0.15, 0.2) is 0 Å². The topological polar surface area (TPSA) is 29.6 Å². The quantitative estimate of drug-likeness (QED) is 0.823. The summed E-state index contributed by atoms with van der Waals surface area (Å²) in [6.07, 6.45) is -0.293. The second-order valence-electron chi connectivity index (χ2n) is 5.65. The van der Waals surface area contributed by atoms with E-state index in [1.165, 1.54) is 27.1 Å². The zero-order valence-corrected chi connectivity index (χ0v) is 13.1. The molecule has 1 heterocycles. The summed E-state index contributed by atoms with van der Waals surface area (Å²) < 4.78 is 2.26. The molecule has 2 aromatic rings. The lowest BCUT2D eigenvalue weighted by Gasteiger charge is -2.20. The minimum atomic E-state index is -0.293. The van der Waals surface area contributed by atoms with Crippen LogP contribution < -0.4 is 4.90 Å². The normalized spacial score (nSPS) is 13.3. The van der Waals surface area contributed by atoms with Crippen LogP contribution in [0.4, 0.5) is 0 Å². The molecule has 2 rings (SSSR count). The lowest BCUT2D eigenvalue weighted by Crippen LogP contribution is -3.12. The maximum atomic E-state index is 10.4. The Bertz CT molecular complexity index is 570. The van der Waals surface area contributed by atoms with Gasteiger partial charge in [0.25, 0.3) is 0 Å². The largest absolute Gasteiger partial charge is 0.385 e. The summed E-state index contributed by atoms with van der Waals surface area (Å²) in [5.41, 5.74) is 3.82. The molecule has 3 nitrogen and oxygen atoms in total. The molecule has 0 amide bonds. The number of para-hydroxylation sites is 1. The van der Waals surface area contributed by atoms with Gasteiger partial charge < -0.3 is 14.6 Å². The van der Waals surface area contributed by atoms with Gasteiger partial charge in [0.1, 0.15) is 12.6 Å². The Morgan fingerprint density at radius 1 is 1.15 bits per heavy atom. The molecule has 1 aromatic carbocycles. The average molecular weight is 275 g/mol. The molecule has 0 spiro atoms. The molecule has 0 bridgehead atoms. The van der Waals surface area contributed by atoms with Gasteiger partial charge in [-0.25, -0.2) is 0 Å². The first kappa shape index (κ1) is 15.1. The van der Waals surface area contributed by atoms with Crippen LogP contribution in [0, 0.1) is 13.8 Å². The van der Waals surface area contributed by atoms with Crippen LogP contribution in [0.5, 0.6) is 0 Å². The van der Waals surface area contributed by atoms with E-state index in [1.807, 2.05) is 0 Å². The van der Waals surface area contributed by atoms with Crippen molar-refractivity contribution < 1.29 is 10.0 Å². The molecule has 1 unspecified atom stereocenters. The third-order valence-corrected chi connectivity index (χ3v) is 4.46. The van der Waals surface area contributed by atoms with E-state index in [-0.39, 0.29) is 6.10 Å². The standard InChI is InChI=1S/C17H26N2O/c1-5-18(6-2)11-15(20)12-19-14(4)13(3)16-9-7-8-10-17(16)19/h7-10,15,20H,5-6,11-12H2,1-4H3/p+1. The number of aliphatic hydroxyl groups excluding tert-OH is 1. The molecule has 0 radical (unpaired) electrons. The minimum absolute atomic E-state index is 0.293. The second-order valence-corrected chi connectivity index (χ2v) is 5.65. The molecule has 0 aliphatic rings. The lowest BCUT2D eigenvalue weighted by molar-refractivity contribution is -0.899. The van der Waals surface area contributed by atoms with Gasteiger partial charge in [-0.15, -0.1) is 0 Å². The Balaban J connectivity index is 2.23. The second kappa shape index (κ2) is 6.42. The highest BCUT2D eigenvalue weighted by Crippen LogP contribution is 2.24. The molecular formula is C17H27N2O+. The van der Waals surface area contributed by atoms with Crippen LogP contribution in [0.2, 0.25) is 0 Å². The van der Waals surface area contributed by atoms with Crippen molar-refractivity contribution in [3.63, 3.8) is 0 Å². The van der Waals surface area contributed by atoms with Crippen molar-refractivity contribution in [2.45, 2.75) is 40.3 Å². The summed E-state index contributed by atoms with van der Waals surface area (Å²) in [5.74, 6) is 0. The number of quaternary nitrogens is 1. The molecule has 1 atom stereocenters. The van der Waals surface area contributed by atoms with Crippen LogP contribution in [0.3, 0.4) is 0 Å². The smallest absolute Gasteiger partial charge is 0.121 e. The fourth-order valence-electron chi connectivity index (χ4n) is 2.99. The summed E-state index contributed by atoms with van der Waals surface area (Å²) in [5, 5.41) is 11.7. The van der Waals surface area contributed by atoms with Crippen LogP contribution >= 0.6 is 0 Å². The summed E-state index contributed by atoms with van der Waals surface area (Å²) in [6.45, 7) is 12.3. The number of likely N-dealkylation sites (N-methyl/N-ethyl adjacent to an activating group) is 1. The van der Waals surface area contributed by atoms with Gasteiger partial charge in [-0.1, -0.05) is 18.2 Å². The van der Waals surface area contributed by atoms with Crippen LogP contribution in [-0.4, -0.2) is 35.4 Å². The number of nitrogens with zero attached hydrogens (tertiary/aromatic N) is 1. The van der Waals surface area contributed by atoms with E-state index in [4.69, 9.17) is 0 Å². The molecule has 0 saturated heterocycles. The Morgan fingerprint density at radius 2 is 1.80 bits per heavy atom. The molecular weight excluding hydrogens is 248 g/mol. The molecule has 110 valence electrons. The van der Waals surface area contributed by atoms with E-state index in [2.05, 4.69) is 56.5 Å². The van der Waals surface area contributed by atoms with Gasteiger partial charge in [-0.2, -0.15) is 0 Å². The summed E-state index contributed by atoms with van der Waals surface area (Å²) >= 11 is 0. The van der Waals surface area contributed by atoms with Crippen molar-refractivity contribution in [1.29, 1.82) is 0 Å². The molecule has 0 fully saturated rings. The molecule has 0 saturated carbocycles. The SMILES string of the molecule is CC[NH+](CC)CC(O)Cn1c(C)c(C)c2ccccc21. The zero-order chi connectivity index (χ0) is 14.7. The van der Waals surface area contributed by atoms with Crippen molar-refractivity contribution in [1.82, 2.24) is 4.57 Å². The van der Waals surface area contributed by atoms with Gasteiger partial charge in [0.05, 0.1) is 19.6 Å². The minimum Gasteiger partial charge on any atom is -0.385 e. The third-order valence-electron chi connectivity index (χ3n) is 4.46. The average Bonchev–Trinajstić information content (AvgIpc) is 2.70. The Morgan fingerprint density at radius 3 is 2.45 bits per heavy atom. The number of fused-ring (bicyclic) bond motifs is 1. The van der Waals surface area contributed by atoms with Gasteiger partial charge in [-0.3, -0.25) is 0 Å². The first-order valence-corrected chi connectivity index (χ1v) is 7.64. The molecule has 2 N–H and O–H groups in total. The lowest BCUT2D eigenvalue weighted by atomic mass is 10.2. The zero-order valence-electron chi connectivity index (χ0n) is 13.1. The predicted molar refractivity (Wildman–Crippen MR) is 84.3 cm³/mol. The van der Waals surface area contributed by atoms with Crippen LogP contribution in [0.25, 0.3) is 10.9 Å². The van der Waals surface area contributed by atoms with Crippen molar-refractivity contribution in [2.75, 3.05) is 19.6 Å².